The SMILES string of the molecule is C=C/N=C1\C(=C(/C)N)C(C=O)=C(Cl)N1C(C)(C)C. The quantitative estimate of drug-likeness (QED) is 0.618. The van der Waals surface area contributed by atoms with Crippen LogP contribution in [0.1, 0.15) is 27.7 Å². The monoisotopic (exact) mass is 267 g/mol. The van der Waals surface area contributed by atoms with Gasteiger partial charge in [-0.25, -0.2) is 4.99 Å². The highest BCUT2D eigenvalue weighted by Gasteiger charge is 2.39. The van der Waals surface area contributed by atoms with Gasteiger partial charge in [-0.3, -0.25) is 4.79 Å². The number of halogens is 1. The molecule has 0 radical (unpaired) electrons. The van der Waals surface area contributed by atoms with Crippen LogP contribution in [0.25, 0.3) is 0 Å². The molecular formula is C13H18ClN3O. The van der Waals surface area contributed by atoms with Gasteiger partial charge >= 0.3 is 0 Å². The lowest BCUT2D eigenvalue weighted by Gasteiger charge is -2.34. The second-order valence-corrected chi connectivity index (χ2v) is 5.38. The van der Waals surface area contributed by atoms with Crippen molar-refractivity contribution in [2.45, 2.75) is 33.2 Å². The smallest absolute Gasteiger partial charge is 0.153 e. The van der Waals surface area contributed by atoms with Crippen molar-refractivity contribution >= 4 is 23.7 Å². The summed E-state index contributed by atoms with van der Waals surface area (Å²) in [5, 5.41) is 0.345. The summed E-state index contributed by atoms with van der Waals surface area (Å²) in [6.07, 6.45) is 2.12. The lowest BCUT2D eigenvalue weighted by Crippen LogP contribution is -2.41. The molecule has 0 aromatic carbocycles. The molecule has 0 fully saturated rings. The average molecular weight is 268 g/mol. The summed E-state index contributed by atoms with van der Waals surface area (Å²) in [5.74, 6) is 0.560. The molecule has 5 heteroatoms. The number of amidine groups is 1. The summed E-state index contributed by atoms with van der Waals surface area (Å²) in [6.45, 7) is 11.2. The topological polar surface area (TPSA) is 58.7 Å². The number of allylic oxidation sites excluding steroid dienone is 1. The molecule has 1 rings (SSSR count). The van der Waals surface area contributed by atoms with Crippen molar-refractivity contribution in [2.75, 3.05) is 0 Å². The molecule has 4 nitrogen and oxygen atoms in total. The van der Waals surface area contributed by atoms with Gasteiger partial charge in [-0.2, -0.15) is 0 Å². The van der Waals surface area contributed by atoms with E-state index in [2.05, 4.69) is 11.6 Å². The Kier molecular flexibility index (Phi) is 4.02. The van der Waals surface area contributed by atoms with E-state index in [4.69, 9.17) is 17.3 Å². The first-order chi connectivity index (χ1) is 8.25. The van der Waals surface area contributed by atoms with Crippen LogP contribution in [-0.2, 0) is 4.79 Å². The number of nitrogens with zero attached hydrogens (tertiary/aromatic N) is 2. The minimum absolute atomic E-state index is 0.315. The number of nitrogens with two attached hydrogens (primary N) is 1. The van der Waals surface area contributed by atoms with Gasteiger partial charge in [-0.1, -0.05) is 18.2 Å². The Bertz CT molecular complexity index is 477. The van der Waals surface area contributed by atoms with Crippen LogP contribution in [0.2, 0.25) is 0 Å². The van der Waals surface area contributed by atoms with Gasteiger partial charge in [0.05, 0.1) is 5.57 Å². The molecule has 0 saturated carbocycles. The van der Waals surface area contributed by atoms with Crippen LogP contribution in [0.15, 0.2) is 39.8 Å². The maximum absolute atomic E-state index is 11.2. The molecule has 0 atom stereocenters. The van der Waals surface area contributed by atoms with Crippen molar-refractivity contribution in [1.82, 2.24) is 4.90 Å². The fourth-order valence-corrected chi connectivity index (χ4v) is 2.34. The molecule has 1 heterocycles. The fraction of sp³-hybridized carbons (Fsp3) is 0.385. The molecule has 0 saturated heterocycles. The number of carbonyl (C=O) groups excluding carboxylic acids is 1. The molecule has 98 valence electrons. The zero-order valence-electron chi connectivity index (χ0n) is 11.1. The molecule has 18 heavy (non-hydrogen) atoms. The van der Waals surface area contributed by atoms with Gasteiger partial charge in [0.2, 0.25) is 0 Å². The van der Waals surface area contributed by atoms with Crippen molar-refractivity contribution < 1.29 is 4.79 Å². The van der Waals surface area contributed by atoms with Gasteiger partial charge in [-0.15, -0.1) is 0 Å². The van der Waals surface area contributed by atoms with Crippen LogP contribution in [0, 0.1) is 0 Å². The summed E-state index contributed by atoms with van der Waals surface area (Å²) in [7, 11) is 0. The number of carbonyl (C=O) groups is 1. The third-order valence-electron chi connectivity index (χ3n) is 2.52. The van der Waals surface area contributed by atoms with E-state index in [9.17, 15) is 4.79 Å². The van der Waals surface area contributed by atoms with E-state index >= 15 is 0 Å². The number of aliphatic imine (C=N–C) groups is 1. The molecule has 0 aliphatic carbocycles. The lowest BCUT2D eigenvalue weighted by atomic mass is 10.1. The molecule has 0 bridgehead atoms. The third-order valence-corrected chi connectivity index (χ3v) is 2.89. The molecule has 0 aromatic heterocycles. The second-order valence-electron chi connectivity index (χ2n) is 5.02. The van der Waals surface area contributed by atoms with E-state index in [-0.39, 0.29) is 5.54 Å². The van der Waals surface area contributed by atoms with Gasteiger partial charge in [0.15, 0.2) is 6.29 Å². The highest BCUT2D eigenvalue weighted by atomic mass is 35.5. The Morgan fingerprint density at radius 3 is 2.39 bits per heavy atom. The summed E-state index contributed by atoms with van der Waals surface area (Å²) < 4.78 is 0. The van der Waals surface area contributed by atoms with Gasteiger partial charge in [0.1, 0.15) is 11.0 Å². The fourth-order valence-electron chi connectivity index (χ4n) is 1.87. The van der Waals surface area contributed by atoms with Gasteiger partial charge < -0.3 is 10.6 Å². The molecule has 1 aliphatic heterocycles. The van der Waals surface area contributed by atoms with Crippen molar-refractivity contribution in [1.29, 1.82) is 0 Å². The standard InChI is InChI=1S/C13H18ClN3O/c1-6-16-12-10(8(2)15)9(7-18)11(14)17(12)13(3,4)5/h6-7H,1,15H2,2-5H3/b10-8+,16-12+. The number of hydrogen-bond acceptors (Lipinski definition) is 3. The predicted molar refractivity (Wildman–Crippen MR) is 75.1 cm³/mol. The summed E-state index contributed by atoms with van der Waals surface area (Å²) in [4.78, 5) is 17.2. The maximum Gasteiger partial charge on any atom is 0.153 e. The molecule has 1 aliphatic rings. The predicted octanol–water partition coefficient (Wildman–Crippen LogP) is 2.52. The number of hydrogen-bond donors (Lipinski definition) is 1. The summed E-state index contributed by atoms with van der Waals surface area (Å²) in [5.41, 5.74) is 6.97. The maximum atomic E-state index is 11.2. The Morgan fingerprint density at radius 2 is 2.06 bits per heavy atom. The largest absolute Gasteiger partial charge is 0.402 e. The first kappa shape index (κ1) is 14.5. The van der Waals surface area contributed by atoms with Crippen molar-refractivity contribution in [3.8, 4) is 0 Å². The third kappa shape index (κ3) is 2.34. The molecule has 0 aromatic rings. The summed E-state index contributed by atoms with van der Waals surface area (Å²) >= 11 is 6.27. The van der Waals surface area contributed by atoms with Crippen LogP contribution >= 0.6 is 11.6 Å². The van der Waals surface area contributed by atoms with Crippen molar-refractivity contribution in [3.63, 3.8) is 0 Å². The molecule has 0 amide bonds. The normalized spacial score (nSPS) is 21.6. The summed E-state index contributed by atoms with van der Waals surface area (Å²) in [6, 6.07) is 0. The highest BCUT2D eigenvalue weighted by Crippen LogP contribution is 2.37. The second kappa shape index (κ2) is 4.98. The zero-order chi connectivity index (χ0) is 14.1. The van der Waals surface area contributed by atoms with Crippen LogP contribution in [-0.4, -0.2) is 22.6 Å². The van der Waals surface area contributed by atoms with Gasteiger partial charge in [0.25, 0.3) is 0 Å². The lowest BCUT2D eigenvalue weighted by molar-refractivity contribution is -0.104. The van der Waals surface area contributed by atoms with E-state index in [1.807, 2.05) is 20.8 Å². The molecular weight excluding hydrogens is 250 g/mol. The first-order valence-electron chi connectivity index (χ1n) is 5.56. The van der Waals surface area contributed by atoms with Crippen LogP contribution in [0.3, 0.4) is 0 Å². The van der Waals surface area contributed by atoms with Gasteiger partial charge in [-0.05, 0) is 27.7 Å². The van der Waals surface area contributed by atoms with Gasteiger partial charge in [0, 0.05) is 23.0 Å². The number of aldehydes is 1. The zero-order valence-corrected chi connectivity index (χ0v) is 11.9. The van der Waals surface area contributed by atoms with Crippen molar-refractivity contribution in [3.05, 3.63) is 34.8 Å². The molecule has 2 N–H and O–H groups in total. The minimum Gasteiger partial charge on any atom is -0.402 e. The van der Waals surface area contributed by atoms with E-state index < -0.39 is 0 Å². The number of rotatable bonds is 2. The molecule has 0 spiro atoms. The van der Waals surface area contributed by atoms with E-state index in [0.29, 0.717) is 34.1 Å². The van der Waals surface area contributed by atoms with E-state index in [0.717, 1.165) is 0 Å². The first-order valence-corrected chi connectivity index (χ1v) is 5.94. The average Bonchev–Trinajstić information content (AvgIpc) is 2.50. The Balaban J connectivity index is 3.60. The highest BCUT2D eigenvalue weighted by molar-refractivity contribution is 6.36. The van der Waals surface area contributed by atoms with E-state index in [1.165, 1.54) is 6.20 Å². The van der Waals surface area contributed by atoms with Crippen LogP contribution in [0.5, 0.6) is 0 Å². The molecule has 0 unspecified atom stereocenters. The Labute approximate surface area is 113 Å². The van der Waals surface area contributed by atoms with Crippen LogP contribution in [0.4, 0.5) is 0 Å². The Morgan fingerprint density at radius 1 is 1.50 bits per heavy atom. The Hall–Kier alpha value is -1.55. The van der Waals surface area contributed by atoms with E-state index in [1.54, 1.807) is 11.8 Å². The van der Waals surface area contributed by atoms with Crippen LogP contribution < -0.4 is 5.73 Å². The minimum atomic E-state index is -0.315. The van der Waals surface area contributed by atoms with Crippen molar-refractivity contribution in [2.24, 2.45) is 10.7 Å².